The van der Waals surface area contributed by atoms with E-state index in [0.29, 0.717) is 28.5 Å². The molecule has 6 rings (SSSR count). The van der Waals surface area contributed by atoms with Crippen molar-refractivity contribution in [3.05, 3.63) is 125 Å². The van der Waals surface area contributed by atoms with E-state index in [1.165, 1.54) is 0 Å². The molecule has 2 heterocycles. The van der Waals surface area contributed by atoms with E-state index in [1.807, 2.05) is 68.4 Å². The first-order valence-corrected chi connectivity index (χ1v) is 15.9. The van der Waals surface area contributed by atoms with Gasteiger partial charge in [-0.25, -0.2) is 4.98 Å². The molecule has 48 heavy (non-hydrogen) atoms. The number of para-hydroxylation sites is 2. The maximum atomic E-state index is 12.0. The van der Waals surface area contributed by atoms with Crippen molar-refractivity contribution in [3.8, 4) is 45.2 Å². The SMILES string of the molecule is [2H]C(C)(C)c1cc(-c2cccc([N+]#[C-])n2)[c-]c(-c2cccc3c2nc(-c2cc(C(C)(C)C)cc(C(C)(C)C)c2O)n3-c2ccccc2)c1.[Pt]. The van der Waals surface area contributed by atoms with Crippen LogP contribution >= 0.6 is 0 Å². The van der Waals surface area contributed by atoms with Crippen molar-refractivity contribution in [2.45, 2.75) is 72.1 Å². The number of hydrogen-bond donors (Lipinski definition) is 1. The molecule has 0 bridgehead atoms. The first kappa shape index (κ1) is 33.4. The van der Waals surface area contributed by atoms with Gasteiger partial charge in [-0.05, 0) is 58.7 Å². The summed E-state index contributed by atoms with van der Waals surface area (Å²) in [5.41, 5.74) is 8.49. The molecule has 4 aromatic carbocycles. The fraction of sp³-hybridized carbons (Fsp3) is 0.262. The van der Waals surface area contributed by atoms with E-state index in [1.54, 1.807) is 6.07 Å². The summed E-state index contributed by atoms with van der Waals surface area (Å²) in [6.07, 6.45) is 0. The van der Waals surface area contributed by atoms with Crippen molar-refractivity contribution in [2.24, 2.45) is 0 Å². The Balaban J connectivity index is 0.00000468. The van der Waals surface area contributed by atoms with Gasteiger partial charge in [0.15, 0.2) is 0 Å². The molecule has 2 aromatic heterocycles. The molecule has 6 heteroatoms. The fourth-order valence-electron chi connectivity index (χ4n) is 5.92. The molecule has 0 spiro atoms. The first-order valence-electron chi connectivity index (χ1n) is 16.4. The van der Waals surface area contributed by atoms with Crippen LogP contribution in [0.5, 0.6) is 5.75 Å². The van der Waals surface area contributed by atoms with Gasteiger partial charge in [-0.15, -0.1) is 29.3 Å². The number of imidazole rings is 1. The largest absolute Gasteiger partial charge is 0.507 e. The molecule has 1 N–H and O–H groups in total. The second-order valence-corrected chi connectivity index (χ2v) is 14.4. The number of aromatic hydroxyl groups is 1. The third-order valence-corrected chi connectivity index (χ3v) is 8.59. The van der Waals surface area contributed by atoms with Crippen LogP contribution < -0.4 is 0 Å². The molecule has 5 nitrogen and oxygen atoms in total. The summed E-state index contributed by atoms with van der Waals surface area (Å²) in [5.74, 6) is 0.266. The van der Waals surface area contributed by atoms with Crippen LogP contribution in [0.15, 0.2) is 91.0 Å². The topological polar surface area (TPSA) is 55.3 Å². The second kappa shape index (κ2) is 13.2. The number of hydrogen-bond acceptors (Lipinski definition) is 3. The Bertz CT molecular complexity index is 2210. The third-order valence-electron chi connectivity index (χ3n) is 8.59. The number of aromatic nitrogens is 3. The zero-order valence-electron chi connectivity index (χ0n) is 29.7. The number of pyridine rings is 1. The number of fused-ring (bicyclic) bond motifs is 1. The van der Waals surface area contributed by atoms with Gasteiger partial charge in [0.05, 0.1) is 22.3 Å². The molecule has 0 aliphatic heterocycles. The van der Waals surface area contributed by atoms with E-state index in [2.05, 4.69) is 92.3 Å². The molecule has 0 amide bonds. The van der Waals surface area contributed by atoms with Crippen LogP contribution in [0.25, 0.3) is 55.3 Å². The Morgan fingerprint density at radius 1 is 0.812 bits per heavy atom. The number of phenolic OH excluding ortho intramolecular Hbond substituents is 1. The standard InChI is InChI=1S/C42H41N4O.Pt/c1-26(2)27-21-28(23-29(22-27)35-18-14-20-37(43-9)44-35)32-17-13-19-36-38(32)45-40(46(36)31-15-11-10-12-16-31)33-24-30(41(3,4)5)25-34(39(33)47)42(6,7)8;/h10-22,24-26,47H,1-8H3;/q-1;/i26D;. The Labute approximate surface area is 300 Å². The summed E-state index contributed by atoms with van der Waals surface area (Å²) < 4.78 is 11.0. The molecular formula is C42H41N4OPt-. The Morgan fingerprint density at radius 2 is 1.50 bits per heavy atom. The van der Waals surface area contributed by atoms with Gasteiger partial charge in [0.25, 0.3) is 5.82 Å². The number of phenols is 1. The Kier molecular flexibility index (Phi) is 9.16. The molecule has 0 atom stereocenters. The summed E-state index contributed by atoms with van der Waals surface area (Å²) in [6.45, 7) is 24.1. The average Bonchev–Trinajstić information content (AvgIpc) is 3.43. The smallest absolute Gasteiger partial charge is 0.262 e. The third kappa shape index (κ3) is 6.60. The van der Waals surface area contributed by atoms with E-state index in [9.17, 15) is 5.11 Å². The molecule has 246 valence electrons. The zero-order chi connectivity index (χ0) is 34.6. The van der Waals surface area contributed by atoms with E-state index >= 15 is 0 Å². The van der Waals surface area contributed by atoms with Gasteiger partial charge in [-0.1, -0.05) is 116 Å². The van der Waals surface area contributed by atoms with Crippen LogP contribution in [0.4, 0.5) is 5.82 Å². The fourth-order valence-corrected chi connectivity index (χ4v) is 5.92. The van der Waals surface area contributed by atoms with Crippen LogP contribution in [-0.2, 0) is 31.9 Å². The summed E-state index contributed by atoms with van der Waals surface area (Å²) in [7, 11) is 0. The van der Waals surface area contributed by atoms with Crippen LogP contribution in [0.2, 0.25) is 0 Å². The molecule has 0 aliphatic carbocycles. The second-order valence-electron chi connectivity index (χ2n) is 14.4. The van der Waals surface area contributed by atoms with Crippen LogP contribution in [0, 0.1) is 12.6 Å². The van der Waals surface area contributed by atoms with E-state index in [-0.39, 0.29) is 37.6 Å². The number of nitrogens with zero attached hydrogens (tertiary/aromatic N) is 4. The monoisotopic (exact) mass is 813 g/mol. The minimum absolute atomic E-state index is 0. The van der Waals surface area contributed by atoms with E-state index in [0.717, 1.165) is 44.5 Å². The van der Waals surface area contributed by atoms with Crippen molar-refractivity contribution >= 4 is 16.9 Å². The van der Waals surface area contributed by atoms with Crippen molar-refractivity contribution in [2.75, 3.05) is 0 Å². The molecule has 0 radical (unpaired) electrons. The minimum atomic E-state index is -0.902. The van der Waals surface area contributed by atoms with Crippen molar-refractivity contribution < 1.29 is 27.5 Å². The van der Waals surface area contributed by atoms with Crippen molar-refractivity contribution in [3.63, 3.8) is 0 Å². The molecule has 0 saturated carbocycles. The molecular weight excluding hydrogens is 772 g/mol. The van der Waals surface area contributed by atoms with Crippen LogP contribution in [-0.4, -0.2) is 19.6 Å². The predicted octanol–water partition coefficient (Wildman–Crippen LogP) is 11.2. The van der Waals surface area contributed by atoms with E-state index in [4.69, 9.17) is 12.9 Å². The minimum Gasteiger partial charge on any atom is -0.507 e. The summed E-state index contributed by atoms with van der Waals surface area (Å²) >= 11 is 0. The van der Waals surface area contributed by atoms with Crippen LogP contribution in [0.1, 0.15) is 79.3 Å². The quantitative estimate of drug-likeness (QED) is 0.176. The number of benzene rings is 4. The van der Waals surface area contributed by atoms with Gasteiger partial charge in [0, 0.05) is 33.7 Å². The van der Waals surface area contributed by atoms with Gasteiger partial charge in [-0.2, -0.15) is 4.98 Å². The van der Waals surface area contributed by atoms with Gasteiger partial charge in [-0.3, -0.25) is 4.57 Å². The summed E-state index contributed by atoms with van der Waals surface area (Å²) in [5, 5.41) is 12.0. The van der Waals surface area contributed by atoms with Gasteiger partial charge >= 0.3 is 0 Å². The predicted molar refractivity (Wildman–Crippen MR) is 193 cm³/mol. The molecule has 0 aliphatic rings. The van der Waals surface area contributed by atoms with Gasteiger partial charge < -0.3 is 9.95 Å². The maximum absolute atomic E-state index is 12.0. The summed E-state index contributed by atoms with van der Waals surface area (Å²) in [4.78, 5) is 13.4. The maximum Gasteiger partial charge on any atom is 0.262 e. The van der Waals surface area contributed by atoms with Crippen LogP contribution in [0.3, 0.4) is 0 Å². The summed E-state index contributed by atoms with van der Waals surface area (Å²) in [6, 6.07) is 33.3. The van der Waals surface area contributed by atoms with Crippen molar-refractivity contribution in [1.82, 2.24) is 14.5 Å². The zero-order valence-corrected chi connectivity index (χ0v) is 31.0. The Morgan fingerprint density at radius 3 is 2.15 bits per heavy atom. The van der Waals surface area contributed by atoms with Crippen molar-refractivity contribution in [1.29, 1.82) is 0 Å². The normalized spacial score (nSPS) is 12.4. The molecule has 0 saturated heterocycles. The van der Waals surface area contributed by atoms with E-state index < -0.39 is 5.89 Å². The molecule has 0 unspecified atom stereocenters. The van der Waals surface area contributed by atoms with Gasteiger partial charge in [0.1, 0.15) is 11.6 Å². The first-order chi connectivity index (χ1) is 22.6. The number of rotatable bonds is 5. The van der Waals surface area contributed by atoms with Gasteiger partial charge in [0.2, 0.25) is 0 Å². The average molecular weight is 814 g/mol. The molecule has 0 fully saturated rings. The molecule has 6 aromatic rings. The Hall–Kier alpha value is -4.52.